The number of nitrogens with one attached hydrogen (secondary N) is 1. The first kappa shape index (κ1) is 19.7. The topological polar surface area (TPSA) is 65.5 Å². The molecule has 0 saturated carbocycles. The molecule has 1 atom stereocenters. The number of rotatable bonds is 5. The van der Waals surface area contributed by atoms with Crippen molar-refractivity contribution in [3.05, 3.63) is 30.1 Å². The molecular weight excluding hydrogens is 340 g/mol. The van der Waals surface area contributed by atoms with Crippen LogP contribution in [-0.4, -0.2) is 58.8 Å². The first-order valence-corrected chi connectivity index (χ1v) is 8.92. The van der Waals surface area contributed by atoms with E-state index in [1.807, 2.05) is 23.1 Å². The number of carbonyl (C=O) groups excluding carboxylic acids is 2. The molecule has 3 heterocycles. The number of halogens is 1. The van der Waals surface area contributed by atoms with Crippen LogP contribution in [0.2, 0.25) is 0 Å². The summed E-state index contributed by atoms with van der Waals surface area (Å²) >= 11 is 0. The zero-order chi connectivity index (χ0) is 16.8. The molecule has 1 unspecified atom stereocenters. The summed E-state index contributed by atoms with van der Waals surface area (Å²) in [7, 11) is 0. The normalized spacial score (nSPS) is 20.7. The standard InChI is InChI=1S/C18H26N4O2.ClH/c23-17-7-4-12-21(17)14-18(24)22(13-15-5-1-2-10-20-15)16-6-3-9-19-11-8-16;/h1-2,5,10,16,19H,3-4,6-9,11-14H2;1H. The maximum Gasteiger partial charge on any atom is 0.242 e. The van der Waals surface area contributed by atoms with Crippen molar-refractivity contribution >= 4 is 24.2 Å². The van der Waals surface area contributed by atoms with Crippen LogP contribution in [-0.2, 0) is 16.1 Å². The molecule has 2 amide bonds. The number of aromatic nitrogens is 1. The SMILES string of the molecule is Cl.O=C1CCCN1CC(=O)N(Cc1ccccn1)C1CCCNCC1. The third kappa shape index (κ3) is 5.41. The highest BCUT2D eigenvalue weighted by atomic mass is 35.5. The molecule has 3 rings (SSSR count). The fourth-order valence-corrected chi connectivity index (χ4v) is 3.52. The molecule has 0 radical (unpaired) electrons. The van der Waals surface area contributed by atoms with Gasteiger partial charge in [0, 0.05) is 25.2 Å². The largest absolute Gasteiger partial charge is 0.333 e. The van der Waals surface area contributed by atoms with E-state index in [-0.39, 0.29) is 36.8 Å². The molecule has 2 aliphatic rings. The Morgan fingerprint density at radius 2 is 2.16 bits per heavy atom. The Balaban J connectivity index is 0.00000225. The van der Waals surface area contributed by atoms with Crippen molar-refractivity contribution in [1.29, 1.82) is 0 Å². The van der Waals surface area contributed by atoms with Crippen LogP contribution in [0.5, 0.6) is 0 Å². The van der Waals surface area contributed by atoms with Crippen LogP contribution in [0.25, 0.3) is 0 Å². The second-order valence-electron chi connectivity index (χ2n) is 6.60. The predicted molar refractivity (Wildman–Crippen MR) is 98.4 cm³/mol. The van der Waals surface area contributed by atoms with Gasteiger partial charge in [0.15, 0.2) is 0 Å². The van der Waals surface area contributed by atoms with Gasteiger partial charge in [0.2, 0.25) is 11.8 Å². The zero-order valence-corrected chi connectivity index (χ0v) is 15.3. The highest BCUT2D eigenvalue weighted by Crippen LogP contribution is 2.18. The lowest BCUT2D eigenvalue weighted by molar-refractivity contribution is -0.140. The van der Waals surface area contributed by atoms with Crippen LogP contribution in [0.4, 0.5) is 0 Å². The van der Waals surface area contributed by atoms with Crippen LogP contribution in [0.3, 0.4) is 0 Å². The number of amides is 2. The monoisotopic (exact) mass is 366 g/mol. The summed E-state index contributed by atoms with van der Waals surface area (Å²) in [5.74, 6) is 0.145. The number of likely N-dealkylation sites (tertiary alicyclic amines) is 1. The average molecular weight is 367 g/mol. The molecule has 25 heavy (non-hydrogen) atoms. The summed E-state index contributed by atoms with van der Waals surface area (Å²) in [6.45, 7) is 3.36. The molecule has 1 aromatic rings. The maximum atomic E-state index is 12.9. The maximum absolute atomic E-state index is 12.9. The first-order chi connectivity index (χ1) is 11.7. The molecule has 2 aliphatic heterocycles. The van der Waals surface area contributed by atoms with E-state index >= 15 is 0 Å². The third-order valence-corrected chi connectivity index (χ3v) is 4.86. The van der Waals surface area contributed by atoms with Gasteiger partial charge in [-0.15, -0.1) is 12.4 Å². The van der Waals surface area contributed by atoms with Crippen molar-refractivity contribution in [2.24, 2.45) is 0 Å². The van der Waals surface area contributed by atoms with E-state index in [0.29, 0.717) is 19.5 Å². The summed E-state index contributed by atoms with van der Waals surface area (Å²) in [5.41, 5.74) is 0.899. The van der Waals surface area contributed by atoms with Crippen molar-refractivity contribution in [2.45, 2.75) is 44.7 Å². The molecule has 7 heteroatoms. The van der Waals surface area contributed by atoms with Crippen LogP contribution in [0, 0.1) is 0 Å². The summed E-state index contributed by atoms with van der Waals surface area (Å²) in [4.78, 5) is 32.8. The van der Waals surface area contributed by atoms with Crippen molar-refractivity contribution in [3.63, 3.8) is 0 Å². The minimum absolute atomic E-state index is 0. The van der Waals surface area contributed by atoms with Gasteiger partial charge in [0.1, 0.15) is 0 Å². The second-order valence-corrected chi connectivity index (χ2v) is 6.60. The van der Waals surface area contributed by atoms with Gasteiger partial charge in [-0.3, -0.25) is 14.6 Å². The van der Waals surface area contributed by atoms with Gasteiger partial charge in [-0.25, -0.2) is 0 Å². The van der Waals surface area contributed by atoms with Crippen LogP contribution < -0.4 is 5.32 Å². The first-order valence-electron chi connectivity index (χ1n) is 8.92. The number of hydrogen-bond acceptors (Lipinski definition) is 4. The lowest BCUT2D eigenvalue weighted by atomic mass is 10.1. The molecular formula is C18H27ClN4O2. The van der Waals surface area contributed by atoms with Crippen LogP contribution in [0.1, 0.15) is 37.8 Å². The van der Waals surface area contributed by atoms with Gasteiger partial charge < -0.3 is 15.1 Å². The second kappa shape index (κ2) is 9.73. The van der Waals surface area contributed by atoms with Crippen molar-refractivity contribution in [1.82, 2.24) is 20.1 Å². The van der Waals surface area contributed by atoms with Gasteiger partial charge in [0.25, 0.3) is 0 Å². The zero-order valence-electron chi connectivity index (χ0n) is 14.5. The Morgan fingerprint density at radius 3 is 2.88 bits per heavy atom. The van der Waals surface area contributed by atoms with Gasteiger partial charge in [0.05, 0.1) is 18.8 Å². The van der Waals surface area contributed by atoms with Gasteiger partial charge >= 0.3 is 0 Å². The molecule has 0 aliphatic carbocycles. The van der Waals surface area contributed by atoms with Crippen LogP contribution >= 0.6 is 12.4 Å². The molecule has 138 valence electrons. The Morgan fingerprint density at radius 1 is 1.28 bits per heavy atom. The lowest BCUT2D eigenvalue weighted by Crippen LogP contribution is -2.46. The van der Waals surface area contributed by atoms with E-state index in [9.17, 15) is 9.59 Å². The van der Waals surface area contributed by atoms with E-state index in [2.05, 4.69) is 10.3 Å². The number of hydrogen-bond donors (Lipinski definition) is 1. The molecule has 0 aromatic carbocycles. The van der Waals surface area contributed by atoms with Crippen molar-refractivity contribution < 1.29 is 9.59 Å². The van der Waals surface area contributed by atoms with E-state index in [4.69, 9.17) is 0 Å². The number of pyridine rings is 1. The fourth-order valence-electron chi connectivity index (χ4n) is 3.52. The fraction of sp³-hybridized carbons (Fsp3) is 0.611. The quantitative estimate of drug-likeness (QED) is 0.859. The Labute approximate surface area is 155 Å². The van der Waals surface area contributed by atoms with E-state index < -0.39 is 0 Å². The van der Waals surface area contributed by atoms with E-state index in [1.54, 1.807) is 11.1 Å². The third-order valence-electron chi connectivity index (χ3n) is 4.86. The highest BCUT2D eigenvalue weighted by Gasteiger charge is 2.29. The van der Waals surface area contributed by atoms with Gasteiger partial charge in [-0.1, -0.05) is 6.07 Å². The minimum Gasteiger partial charge on any atom is -0.333 e. The summed E-state index contributed by atoms with van der Waals surface area (Å²) in [6.07, 6.45) is 6.21. The molecule has 1 aromatic heterocycles. The highest BCUT2D eigenvalue weighted by molar-refractivity contribution is 5.86. The summed E-state index contributed by atoms with van der Waals surface area (Å²) in [5, 5.41) is 3.40. The molecule has 0 spiro atoms. The van der Waals surface area contributed by atoms with Crippen LogP contribution in [0.15, 0.2) is 24.4 Å². The summed E-state index contributed by atoms with van der Waals surface area (Å²) in [6, 6.07) is 6.00. The van der Waals surface area contributed by atoms with Gasteiger partial charge in [-0.2, -0.15) is 0 Å². The van der Waals surface area contributed by atoms with Gasteiger partial charge in [-0.05, 0) is 50.9 Å². The molecule has 2 fully saturated rings. The summed E-state index contributed by atoms with van der Waals surface area (Å²) < 4.78 is 0. The Hall–Kier alpha value is -1.66. The average Bonchev–Trinajstić information content (AvgIpc) is 2.85. The van der Waals surface area contributed by atoms with Crippen molar-refractivity contribution in [2.75, 3.05) is 26.2 Å². The smallest absolute Gasteiger partial charge is 0.242 e. The Kier molecular flexibility index (Phi) is 7.65. The van der Waals surface area contributed by atoms with E-state index in [1.165, 1.54) is 0 Å². The predicted octanol–water partition coefficient (Wildman–Crippen LogP) is 1.60. The number of carbonyl (C=O) groups is 2. The van der Waals surface area contributed by atoms with Crippen molar-refractivity contribution in [3.8, 4) is 0 Å². The minimum atomic E-state index is 0. The number of nitrogens with zero attached hydrogens (tertiary/aromatic N) is 3. The molecule has 2 saturated heterocycles. The van der Waals surface area contributed by atoms with E-state index in [0.717, 1.165) is 44.5 Å². The molecule has 0 bridgehead atoms. The Bertz CT molecular complexity index is 561. The molecule has 6 nitrogen and oxygen atoms in total. The molecule has 1 N–H and O–H groups in total. The lowest BCUT2D eigenvalue weighted by Gasteiger charge is -2.32.